The SMILES string of the molecule is N#Cc1ccc(N)c(Oc2cccc(F)c2C#N)c1. The summed E-state index contributed by atoms with van der Waals surface area (Å²) in [5.74, 6) is -0.402. The third-order valence-electron chi connectivity index (χ3n) is 2.45. The molecular weight excluding hydrogens is 245 g/mol. The van der Waals surface area contributed by atoms with E-state index < -0.39 is 5.82 Å². The number of halogens is 1. The van der Waals surface area contributed by atoms with E-state index in [1.165, 1.54) is 30.3 Å². The maximum atomic E-state index is 13.4. The largest absolute Gasteiger partial charge is 0.454 e. The van der Waals surface area contributed by atoms with Gasteiger partial charge in [-0.3, -0.25) is 0 Å². The second kappa shape index (κ2) is 5.07. The van der Waals surface area contributed by atoms with Crippen molar-refractivity contribution in [2.24, 2.45) is 0 Å². The Morgan fingerprint density at radius 2 is 1.84 bits per heavy atom. The molecule has 0 amide bonds. The maximum absolute atomic E-state index is 13.4. The molecule has 0 radical (unpaired) electrons. The van der Waals surface area contributed by atoms with Gasteiger partial charge in [-0.2, -0.15) is 10.5 Å². The first-order valence-electron chi connectivity index (χ1n) is 5.32. The third-order valence-corrected chi connectivity index (χ3v) is 2.45. The van der Waals surface area contributed by atoms with E-state index in [0.29, 0.717) is 11.3 Å². The first kappa shape index (κ1) is 12.4. The van der Waals surface area contributed by atoms with E-state index in [4.69, 9.17) is 21.0 Å². The van der Waals surface area contributed by atoms with Gasteiger partial charge in [0.2, 0.25) is 0 Å². The molecule has 2 aromatic carbocycles. The molecule has 5 heteroatoms. The summed E-state index contributed by atoms with van der Waals surface area (Å²) < 4.78 is 18.8. The molecule has 0 bridgehead atoms. The molecule has 2 rings (SSSR count). The van der Waals surface area contributed by atoms with Crippen LogP contribution in [-0.2, 0) is 0 Å². The predicted octanol–water partition coefficient (Wildman–Crippen LogP) is 2.94. The first-order valence-corrected chi connectivity index (χ1v) is 5.32. The molecule has 2 N–H and O–H groups in total. The highest BCUT2D eigenvalue weighted by Crippen LogP contribution is 2.31. The van der Waals surface area contributed by atoms with Gasteiger partial charge in [-0.1, -0.05) is 6.07 Å². The lowest BCUT2D eigenvalue weighted by atomic mass is 10.2. The second-order valence-corrected chi connectivity index (χ2v) is 3.69. The topological polar surface area (TPSA) is 82.8 Å². The van der Waals surface area contributed by atoms with Crippen molar-refractivity contribution in [1.82, 2.24) is 0 Å². The number of benzene rings is 2. The van der Waals surface area contributed by atoms with Crippen LogP contribution < -0.4 is 10.5 Å². The highest BCUT2D eigenvalue weighted by atomic mass is 19.1. The van der Waals surface area contributed by atoms with Crippen molar-refractivity contribution in [1.29, 1.82) is 10.5 Å². The van der Waals surface area contributed by atoms with Crippen molar-refractivity contribution in [3.63, 3.8) is 0 Å². The Hall–Kier alpha value is -3.05. The molecule has 92 valence electrons. The number of nitriles is 2. The summed E-state index contributed by atoms with van der Waals surface area (Å²) in [7, 11) is 0. The molecule has 0 aromatic heterocycles. The van der Waals surface area contributed by atoms with Crippen molar-refractivity contribution in [2.45, 2.75) is 0 Å². The normalized spacial score (nSPS) is 9.42. The van der Waals surface area contributed by atoms with Crippen LogP contribution in [-0.4, -0.2) is 0 Å². The first-order chi connectivity index (χ1) is 9.15. The third kappa shape index (κ3) is 2.46. The van der Waals surface area contributed by atoms with Crippen LogP contribution in [0.4, 0.5) is 10.1 Å². The molecule has 0 aliphatic carbocycles. The van der Waals surface area contributed by atoms with Gasteiger partial charge >= 0.3 is 0 Å². The number of nitrogen functional groups attached to an aromatic ring is 1. The zero-order valence-corrected chi connectivity index (χ0v) is 9.72. The van der Waals surface area contributed by atoms with Crippen LogP contribution in [0.2, 0.25) is 0 Å². The van der Waals surface area contributed by atoms with Crippen molar-refractivity contribution >= 4 is 5.69 Å². The average Bonchev–Trinajstić information content (AvgIpc) is 2.41. The summed E-state index contributed by atoms with van der Waals surface area (Å²) in [6.45, 7) is 0. The lowest BCUT2D eigenvalue weighted by Gasteiger charge is -2.10. The van der Waals surface area contributed by atoms with E-state index in [-0.39, 0.29) is 17.1 Å². The quantitative estimate of drug-likeness (QED) is 0.834. The van der Waals surface area contributed by atoms with Crippen LogP contribution in [0, 0.1) is 28.5 Å². The molecule has 19 heavy (non-hydrogen) atoms. The Bertz CT molecular complexity index is 714. The Morgan fingerprint density at radius 3 is 2.53 bits per heavy atom. The van der Waals surface area contributed by atoms with E-state index in [1.807, 2.05) is 6.07 Å². The van der Waals surface area contributed by atoms with E-state index in [1.54, 1.807) is 12.1 Å². The smallest absolute Gasteiger partial charge is 0.151 e. The van der Waals surface area contributed by atoms with Gasteiger partial charge in [-0.15, -0.1) is 0 Å². The van der Waals surface area contributed by atoms with Gasteiger partial charge < -0.3 is 10.5 Å². The summed E-state index contributed by atoms with van der Waals surface area (Å²) in [5, 5.41) is 17.7. The monoisotopic (exact) mass is 253 g/mol. The van der Waals surface area contributed by atoms with Gasteiger partial charge in [-0.05, 0) is 24.3 Å². The van der Waals surface area contributed by atoms with Crippen LogP contribution in [0.15, 0.2) is 36.4 Å². The standard InChI is InChI=1S/C14H8FN3O/c15-11-2-1-3-13(10(11)8-17)19-14-6-9(7-16)4-5-12(14)18/h1-6H,18H2. The predicted molar refractivity (Wildman–Crippen MR) is 66.8 cm³/mol. The number of nitrogens with zero attached hydrogens (tertiary/aromatic N) is 2. The van der Waals surface area contributed by atoms with Gasteiger partial charge in [0.05, 0.1) is 17.3 Å². The molecule has 0 saturated carbocycles. The molecular formula is C14H8FN3O. The number of hydrogen-bond donors (Lipinski definition) is 1. The van der Waals surface area contributed by atoms with Crippen LogP contribution >= 0.6 is 0 Å². The second-order valence-electron chi connectivity index (χ2n) is 3.69. The van der Waals surface area contributed by atoms with Gasteiger partial charge in [0.25, 0.3) is 0 Å². The minimum absolute atomic E-state index is 0.0595. The molecule has 2 aromatic rings. The zero-order valence-electron chi connectivity index (χ0n) is 9.72. The van der Waals surface area contributed by atoms with Crippen molar-refractivity contribution in [3.05, 3.63) is 53.3 Å². The Balaban J connectivity index is 2.46. The molecule has 0 saturated heterocycles. The lowest BCUT2D eigenvalue weighted by Crippen LogP contribution is -1.96. The number of nitrogens with two attached hydrogens (primary N) is 1. The molecule has 0 aliphatic rings. The Morgan fingerprint density at radius 1 is 1.05 bits per heavy atom. The van der Waals surface area contributed by atoms with Crippen LogP contribution in [0.5, 0.6) is 11.5 Å². The number of hydrogen-bond acceptors (Lipinski definition) is 4. The molecule has 0 aliphatic heterocycles. The highest BCUT2D eigenvalue weighted by molar-refractivity contribution is 5.58. The van der Waals surface area contributed by atoms with Crippen LogP contribution in [0.3, 0.4) is 0 Å². The summed E-state index contributed by atoms with van der Waals surface area (Å²) in [4.78, 5) is 0. The van der Waals surface area contributed by atoms with Gasteiger partial charge in [0.1, 0.15) is 23.2 Å². The number of rotatable bonds is 2. The van der Waals surface area contributed by atoms with E-state index in [9.17, 15) is 4.39 Å². The number of ether oxygens (including phenoxy) is 1. The van der Waals surface area contributed by atoms with Crippen molar-refractivity contribution in [2.75, 3.05) is 5.73 Å². The number of anilines is 1. The van der Waals surface area contributed by atoms with E-state index >= 15 is 0 Å². The molecule has 0 fully saturated rings. The lowest BCUT2D eigenvalue weighted by molar-refractivity contribution is 0.476. The van der Waals surface area contributed by atoms with Crippen LogP contribution in [0.25, 0.3) is 0 Å². The van der Waals surface area contributed by atoms with Crippen LogP contribution in [0.1, 0.15) is 11.1 Å². The average molecular weight is 253 g/mol. The summed E-state index contributed by atoms with van der Waals surface area (Å²) in [6.07, 6.45) is 0. The Kier molecular flexibility index (Phi) is 3.31. The molecule has 0 unspecified atom stereocenters. The molecule has 0 atom stereocenters. The summed E-state index contributed by atoms with van der Waals surface area (Å²) in [5.41, 5.74) is 6.16. The van der Waals surface area contributed by atoms with Gasteiger partial charge in [0.15, 0.2) is 5.75 Å². The van der Waals surface area contributed by atoms with E-state index in [0.717, 1.165) is 0 Å². The molecule has 4 nitrogen and oxygen atoms in total. The summed E-state index contributed by atoms with van der Waals surface area (Å²) in [6, 6.07) is 12.2. The summed E-state index contributed by atoms with van der Waals surface area (Å²) >= 11 is 0. The van der Waals surface area contributed by atoms with Crippen molar-refractivity contribution in [3.8, 4) is 23.6 Å². The fourth-order valence-corrected chi connectivity index (χ4v) is 1.51. The van der Waals surface area contributed by atoms with E-state index in [2.05, 4.69) is 0 Å². The zero-order chi connectivity index (χ0) is 13.8. The minimum Gasteiger partial charge on any atom is -0.454 e. The van der Waals surface area contributed by atoms with Gasteiger partial charge in [-0.25, -0.2) is 4.39 Å². The molecule has 0 heterocycles. The highest BCUT2D eigenvalue weighted by Gasteiger charge is 2.11. The fourth-order valence-electron chi connectivity index (χ4n) is 1.51. The fraction of sp³-hybridized carbons (Fsp3) is 0. The van der Waals surface area contributed by atoms with Gasteiger partial charge in [0, 0.05) is 6.07 Å². The molecule has 0 spiro atoms. The minimum atomic E-state index is -0.671. The maximum Gasteiger partial charge on any atom is 0.151 e. The Labute approximate surface area is 109 Å². The van der Waals surface area contributed by atoms with Crippen molar-refractivity contribution < 1.29 is 9.13 Å².